The molecule has 116 valence electrons. The van der Waals surface area contributed by atoms with E-state index in [2.05, 4.69) is 0 Å². The van der Waals surface area contributed by atoms with Crippen LogP contribution in [0.2, 0.25) is 0 Å². The molecule has 3 amide bonds. The monoisotopic (exact) mass is 306 g/mol. The minimum absolute atomic E-state index is 0.0281. The second-order valence-corrected chi connectivity index (χ2v) is 6.91. The summed E-state index contributed by atoms with van der Waals surface area (Å²) >= 11 is 0. The summed E-state index contributed by atoms with van der Waals surface area (Å²) in [5, 5.41) is 2.17. The Morgan fingerprint density at radius 1 is 0.870 bits per heavy atom. The van der Waals surface area contributed by atoms with Crippen LogP contribution in [0.5, 0.6) is 0 Å². The molecule has 4 aliphatic rings. The Hall–Kier alpha value is -2.36. The van der Waals surface area contributed by atoms with Crippen LogP contribution in [0, 0.1) is 5.92 Å². The lowest BCUT2D eigenvalue weighted by Gasteiger charge is -2.45. The number of imide groups is 1. The van der Waals surface area contributed by atoms with Gasteiger partial charge in [-0.2, -0.15) is 0 Å². The van der Waals surface area contributed by atoms with Gasteiger partial charge < -0.3 is 4.90 Å². The Bertz CT molecular complexity index is 793. The summed E-state index contributed by atoms with van der Waals surface area (Å²) in [5.74, 6) is 0.321. The van der Waals surface area contributed by atoms with Gasteiger partial charge in [-0.25, -0.2) is 9.69 Å². The first-order valence-electron chi connectivity index (χ1n) is 8.39. The van der Waals surface area contributed by atoms with E-state index in [1.165, 1.54) is 4.90 Å². The number of hydrogen-bond acceptors (Lipinski definition) is 2. The summed E-state index contributed by atoms with van der Waals surface area (Å²) in [7, 11) is 0. The lowest BCUT2D eigenvalue weighted by atomic mass is 9.75. The molecule has 0 spiro atoms. The molecule has 0 aromatic heterocycles. The molecule has 2 bridgehead atoms. The van der Waals surface area contributed by atoms with Gasteiger partial charge in [-0.3, -0.25) is 4.79 Å². The second-order valence-electron chi connectivity index (χ2n) is 6.91. The van der Waals surface area contributed by atoms with Crippen molar-refractivity contribution >= 4 is 28.4 Å². The summed E-state index contributed by atoms with van der Waals surface area (Å²) in [6.45, 7) is 0. The predicted octanol–water partition coefficient (Wildman–Crippen LogP) is 3.55. The third-order valence-corrected chi connectivity index (χ3v) is 5.76. The lowest BCUT2D eigenvalue weighted by Crippen LogP contribution is -2.54. The number of amides is 3. The molecule has 4 fully saturated rings. The molecule has 0 unspecified atom stereocenters. The molecule has 4 nitrogen and oxygen atoms in total. The predicted molar refractivity (Wildman–Crippen MR) is 88.2 cm³/mol. The number of hydrogen-bond donors (Lipinski definition) is 0. The quantitative estimate of drug-likeness (QED) is 0.756. The minimum atomic E-state index is -0.221. The first-order valence-corrected chi connectivity index (χ1v) is 8.39. The lowest BCUT2D eigenvalue weighted by molar-refractivity contribution is -0.124. The van der Waals surface area contributed by atoms with Crippen molar-refractivity contribution in [3.05, 3.63) is 42.5 Å². The van der Waals surface area contributed by atoms with Crippen LogP contribution in [-0.2, 0) is 4.79 Å². The van der Waals surface area contributed by atoms with Crippen molar-refractivity contribution in [2.24, 2.45) is 5.92 Å². The first-order chi connectivity index (χ1) is 11.2. The van der Waals surface area contributed by atoms with Gasteiger partial charge in [0.05, 0.1) is 5.69 Å². The molecule has 3 heterocycles. The number of piperidine rings is 2. The topological polar surface area (TPSA) is 40.6 Å². The Morgan fingerprint density at radius 3 is 2.35 bits per heavy atom. The van der Waals surface area contributed by atoms with Crippen LogP contribution in [0.3, 0.4) is 0 Å². The highest BCUT2D eigenvalue weighted by Crippen LogP contribution is 2.44. The number of rotatable bonds is 1. The van der Waals surface area contributed by atoms with Crippen molar-refractivity contribution in [3.8, 4) is 0 Å². The van der Waals surface area contributed by atoms with Crippen LogP contribution in [-0.4, -0.2) is 28.9 Å². The summed E-state index contributed by atoms with van der Waals surface area (Å²) in [6.07, 6.45) is 4.25. The summed E-state index contributed by atoms with van der Waals surface area (Å²) in [4.78, 5) is 29.1. The molecule has 3 aliphatic heterocycles. The van der Waals surface area contributed by atoms with E-state index >= 15 is 0 Å². The zero-order chi connectivity index (χ0) is 15.6. The highest BCUT2D eigenvalue weighted by molar-refractivity contribution is 6.22. The van der Waals surface area contributed by atoms with Crippen molar-refractivity contribution in [1.82, 2.24) is 4.90 Å². The molecular formula is C19H18N2O2. The molecule has 23 heavy (non-hydrogen) atoms. The summed E-state index contributed by atoms with van der Waals surface area (Å²) in [6, 6.07) is 13.8. The highest BCUT2D eigenvalue weighted by Gasteiger charge is 2.56. The first kappa shape index (κ1) is 13.1. The van der Waals surface area contributed by atoms with E-state index in [0.29, 0.717) is 11.6 Å². The van der Waals surface area contributed by atoms with E-state index in [9.17, 15) is 9.59 Å². The van der Waals surface area contributed by atoms with Crippen molar-refractivity contribution in [3.63, 3.8) is 0 Å². The molecular weight excluding hydrogens is 288 g/mol. The minimum Gasteiger partial charge on any atom is -0.309 e. The average Bonchev–Trinajstić information content (AvgIpc) is 2.89. The summed E-state index contributed by atoms with van der Waals surface area (Å²) in [5.41, 5.74) is 0.701. The Labute approximate surface area is 134 Å². The fourth-order valence-corrected chi connectivity index (χ4v) is 4.64. The second kappa shape index (κ2) is 4.57. The van der Waals surface area contributed by atoms with Gasteiger partial charge in [0, 0.05) is 6.04 Å². The highest BCUT2D eigenvalue weighted by atomic mass is 16.2. The molecule has 1 aliphatic carbocycles. The van der Waals surface area contributed by atoms with Crippen LogP contribution >= 0.6 is 0 Å². The number of carbonyl (C=O) groups is 2. The van der Waals surface area contributed by atoms with Gasteiger partial charge >= 0.3 is 6.03 Å². The molecule has 6 rings (SSSR count). The average molecular weight is 306 g/mol. The fourth-order valence-electron chi connectivity index (χ4n) is 4.64. The van der Waals surface area contributed by atoms with Crippen molar-refractivity contribution in [2.45, 2.75) is 37.8 Å². The van der Waals surface area contributed by atoms with E-state index in [1.807, 2.05) is 47.4 Å². The van der Waals surface area contributed by atoms with Crippen LogP contribution < -0.4 is 4.90 Å². The molecule has 2 aromatic carbocycles. The van der Waals surface area contributed by atoms with E-state index in [-0.39, 0.29) is 24.0 Å². The van der Waals surface area contributed by atoms with Crippen LogP contribution in [0.25, 0.3) is 10.8 Å². The number of urea groups is 1. The molecule has 3 saturated heterocycles. The smallest absolute Gasteiger partial charge is 0.309 e. The maximum atomic E-state index is 12.9. The zero-order valence-corrected chi connectivity index (χ0v) is 12.8. The molecule has 2 aromatic rings. The van der Waals surface area contributed by atoms with E-state index in [0.717, 1.165) is 36.5 Å². The number of carbonyl (C=O) groups excluding carboxylic acids is 2. The maximum absolute atomic E-state index is 12.9. The van der Waals surface area contributed by atoms with E-state index in [4.69, 9.17) is 0 Å². The van der Waals surface area contributed by atoms with Gasteiger partial charge in [-0.05, 0) is 54.5 Å². The van der Waals surface area contributed by atoms with Gasteiger partial charge in [-0.15, -0.1) is 0 Å². The van der Waals surface area contributed by atoms with Crippen molar-refractivity contribution in [1.29, 1.82) is 0 Å². The summed E-state index contributed by atoms with van der Waals surface area (Å²) < 4.78 is 0. The van der Waals surface area contributed by atoms with Crippen molar-refractivity contribution in [2.75, 3.05) is 4.90 Å². The van der Waals surface area contributed by atoms with Gasteiger partial charge in [0.2, 0.25) is 0 Å². The number of benzene rings is 2. The molecule has 4 heteroatoms. The zero-order valence-electron chi connectivity index (χ0n) is 12.8. The third kappa shape index (κ3) is 1.72. The number of nitrogens with zero attached hydrogens (tertiary/aromatic N) is 2. The SMILES string of the molecule is O=C1[C@@H]2C3CCC(CC3)N2C(=O)N1c1ccc2ccccc2c1. The Kier molecular flexibility index (Phi) is 2.61. The molecule has 1 atom stereocenters. The Balaban J connectivity index is 1.59. The fraction of sp³-hybridized carbons (Fsp3) is 0.368. The number of fused-ring (bicyclic) bond motifs is 3. The van der Waals surface area contributed by atoms with Gasteiger partial charge in [0.1, 0.15) is 6.04 Å². The van der Waals surface area contributed by atoms with Crippen molar-refractivity contribution < 1.29 is 9.59 Å². The van der Waals surface area contributed by atoms with Gasteiger partial charge in [0.15, 0.2) is 0 Å². The molecule has 1 saturated carbocycles. The number of anilines is 1. The Morgan fingerprint density at radius 2 is 1.61 bits per heavy atom. The third-order valence-electron chi connectivity index (χ3n) is 5.76. The largest absolute Gasteiger partial charge is 0.332 e. The standard InChI is InChI=1S/C19H18N2O2/c22-18-17-13-6-8-15(9-7-13)20(17)19(23)21(18)16-10-5-12-3-1-2-4-14(12)11-16/h1-5,10-11,13,15,17H,6-9H2/t13?,15?,17-/m0/s1. The van der Waals surface area contributed by atoms with Crippen LogP contribution in [0.15, 0.2) is 42.5 Å². The van der Waals surface area contributed by atoms with E-state index in [1.54, 1.807) is 0 Å². The van der Waals surface area contributed by atoms with Crippen LogP contribution in [0.4, 0.5) is 10.5 Å². The molecule has 0 N–H and O–H groups in total. The van der Waals surface area contributed by atoms with E-state index < -0.39 is 0 Å². The van der Waals surface area contributed by atoms with Gasteiger partial charge in [-0.1, -0.05) is 30.3 Å². The van der Waals surface area contributed by atoms with Crippen LogP contribution in [0.1, 0.15) is 25.7 Å². The maximum Gasteiger partial charge on any atom is 0.332 e. The normalized spacial score (nSPS) is 29.5. The molecule has 0 radical (unpaired) electrons. The van der Waals surface area contributed by atoms with Gasteiger partial charge in [0.25, 0.3) is 5.91 Å².